The highest BCUT2D eigenvalue weighted by Gasteiger charge is 2.45. The Morgan fingerprint density at radius 2 is 1.77 bits per heavy atom. The minimum Gasteiger partial charge on any atom is -0.478 e. The molecule has 3 aromatic rings. The number of aromatic carboxylic acids is 1. The summed E-state index contributed by atoms with van der Waals surface area (Å²) in [6, 6.07) is 7.66. The molecule has 1 unspecified atom stereocenters. The molecule has 1 fully saturated rings. The monoisotopic (exact) mass is 419 g/mol. The van der Waals surface area contributed by atoms with Crippen molar-refractivity contribution < 1.29 is 27.5 Å². The number of piperidine rings is 1. The van der Waals surface area contributed by atoms with E-state index in [1.165, 1.54) is 47.4 Å². The van der Waals surface area contributed by atoms with Gasteiger partial charge in [0.25, 0.3) is 0 Å². The van der Waals surface area contributed by atoms with E-state index < -0.39 is 24.0 Å². The molecule has 5 nitrogen and oxygen atoms in total. The number of halogens is 4. The molecule has 0 saturated carbocycles. The molecule has 0 aliphatic carbocycles. The number of nitrogens with zero attached hydrogens (tertiary/aromatic N) is 3. The fraction of sp³-hybridized carbons (Fsp3) is 0.286. The predicted octanol–water partition coefficient (Wildman–Crippen LogP) is 5.06. The van der Waals surface area contributed by atoms with Crippen molar-refractivity contribution >= 4 is 22.8 Å². The number of carboxylic acid groups (broad SMARTS) is 1. The zero-order valence-corrected chi connectivity index (χ0v) is 15.7. The van der Waals surface area contributed by atoms with E-state index >= 15 is 0 Å². The Kier molecular flexibility index (Phi) is 5.05. The number of fused-ring (bicyclic) bond motifs is 1. The van der Waals surface area contributed by atoms with Gasteiger partial charge >= 0.3 is 12.1 Å². The van der Waals surface area contributed by atoms with E-state index in [-0.39, 0.29) is 35.6 Å². The quantitative estimate of drug-likeness (QED) is 0.602. The molecule has 1 N–H and O–H groups in total. The lowest BCUT2D eigenvalue weighted by molar-refractivity contribution is -0.152. The second-order valence-electron chi connectivity index (χ2n) is 7.16. The number of carboxylic acids is 1. The molecule has 1 saturated heterocycles. The van der Waals surface area contributed by atoms with Gasteiger partial charge in [-0.15, -0.1) is 0 Å². The molecule has 2 heterocycles. The molecule has 0 bridgehead atoms. The molecule has 1 aliphatic heterocycles. The minimum absolute atomic E-state index is 0.0127. The van der Waals surface area contributed by atoms with Crippen LogP contribution in [0.3, 0.4) is 0 Å². The van der Waals surface area contributed by atoms with Gasteiger partial charge in [0.15, 0.2) is 5.82 Å². The summed E-state index contributed by atoms with van der Waals surface area (Å²) in [6.45, 7) is 0.136. The summed E-state index contributed by atoms with van der Waals surface area (Å²) >= 11 is 0. The van der Waals surface area contributed by atoms with E-state index in [2.05, 4.69) is 9.97 Å². The van der Waals surface area contributed by atoms with Crippen LogP contribution in [0, 0.1) is 5.82 Å². The molecule has 0 spiro atoms. The second-order valence-corrected chi connectivity index (χ2v) is 7.16. The lowest BCUT2D eigenvalue weighted by atomic mass is 10.0. The molecule has 0 radical (unpaired) electrons. The fourth-order valence-electron chi connectivity index (χ4n) is 3.71. The van der Waals surface area contributed by atoms with Crippen LogP contribution in [0.1, 0.15) is 29.6 Å². The van der Waals surface area contributed by atoms with E-state index in [1.807, 2.05) is 0 Å². The third-order valence-corrected chi connectivity index (χ3v) is 5.16. The first-order chi connectivity index (χ1) is 14.2. The van der Waals surface area contributed by atoms with Gasteiger partial charge in [0.2, 0.25) is 0 Å². The van der Waals surface area contributed by atoms with E-state index in [4.69, 9.17) is 0 Å². The van der Waals surface area contributed by atoms with Gasteiger partial charge in [-0.2, -0.15) is 13.2 Å². The Morgan fingerprint density at radius 1 is 1.03 bits per heavy atom. The smallest absolute Gasteiger partial charge is 0.408 e. The Labute approximate surface area is 169 Å². The average Bonchev–Trinajstić information content (AvgIpc) is 2.72. The molecule has 1 atom stereocenters. The van der Waals surface area contributed by atoms with Gasteiger partial charge in [0, 0.05) is 12.1 Å². The minimum atomic E-state index is -4.46. The van der Waals surface area contributed by atoms with Crippen LogP contribution in [-0.4, -0.2) is 39.8 Å². The molecule has 0 amide bonds. The fourth-order valence-corrected chi connectivity index (χ4v) is 3.71. The summed E-state index contributed by atoms with van der Waals surface area (Å²) in [5, 5.41) is 9.23. The van der Waals surface area contributed by atoms with E-state index in [1.54, 1.807) is 0 Å². The molecule has 9 heteroatoms. The number of aromatic nitrogens is 2. The lowest BCUT2D eigenvalue weighted by Crippen LogP contribution is -2.49. The topological polar surface area (TPSA) is 66.3 Å². The van der Waals surface area contributed by atoms with Crippen molar-refractivity contribution in [2.45, 2.75) is 31.5 Å². The number of carbonyl (C=O) groups is 1. The summed E-state index contributed by atoms with van der Waals surface area (Å²) in [5.74, 6) is -1.64. The zero-order valence-electron chi connectivity index (χ0n) is 15.7. The van der Waals surface area contributed by atoms with Crippen molar-refractivity contribution in [3.63, 3.8) is 0 Å². The number of alkyl halides is 3. The van der Waals surface area contributed by atoms with Crippen LogP contribution in [0.25, 0.3) is 22.3 Å². The van der Waals surface area contributed by atoms with Crippen molar-refractivity contribution in [1.82, 2.24) is 9.97 Å². The third kappa shape index (κ3) is 3.79. The van der Waals surface area contributed by atoms with Gasteiger partial charge in [-0.3, -0.25) is 0 Å². The van der Waals surface area contributed by atoms with E-state index in [0.717, 1.165) is 0 Å². The molecule has 4 rings (SSSR count). The molecule has 1 aromatic heterocycles. The predicted molar refractivity (Wildman–Crippen MR) is 103 cm³/mol. The number of anilines is 1. The van der Waals surface area contributed by atoms with Crippen molar-refractivity contribution in [3.05, 3.63) is 53.8 Å². The highest BCUT2D eigenvalue weighted by molar-refractivity contribution is 5.93. The van der Waals surface area contributed by atoms with Crippen LogP contribution in [0.4, 0.5) is 23.4 Å². The maximum atomic E-state index is 13.7. The van der Waals surface area contributed by atoms with Crippen molar-refractivity contribution in [3.8, 4) is 11.3 Å². The highest BCUT2D eigenvalue weighted by Crippen LogP contribution is 2.38. The van der Waals surface area contributed by atoms with Crippen LogP contribution >= 0.6 is 0 Å². The van der Waals surface area contributed by atoms with Gasteiger partial charge in [0.1, 0.15) is 17.6 Å². The summed E-state index contributed by atoms with van der Waals surface area (Å²) < 4.78 is 54.6. The first-order valence-electron chi connectivity index (χ1n) is 9.38. The normalized spacial score (nSPS) is 17.3. The largest absolute Gasteiger partial charge is 0.478 e. The number of benzene rings is 2. The Morgan fingerprint density at radius 3 is 2.43 bits per heavy atom. The first-order valence-corrected chi connectivity index (χ1v) is 9.38. The zero-order chi connectivity index (χ0) is 21.5. The molecule has 2 aromatic carbocycles. The Balaban J connectivity index is 1.94. The second kappa shape index (κ2) is 7.55. The van der Waals surface area contributed by atoms with Crippen molar-refractivity contribution in [2.24, 2.45) is 0 Å². The van der Waals surface area contributed by atoms with Crippen molar-refractivity contribution in [2.75, 3.05) is 11.4 Å². The number of hydrogen-bond donors (Lipinski definition) is 1. The lowest BCUT2D eigenvalue weighted by Gasteiger charge is -2.38. The standard InChI is InChI=1S/C21H17F4N3O2/c22-14-7-4-12(5-8-14)18-19(28-10-2-1-3-17(28)21(23,24)25)27-16-11-13(20(29)30)6-9-15(16)26-18/h4-9,11,17H,1-3,10H2,(H,29,30). The highest BCUT2D eigenvalue weighted by atomic mass is 19.4. The Hall–Kier alpha value is -3.23. The van der Waals surface area contributed by atoms with Gasteiger partial charge in [-0.05, 0) is 61.7 Å². The molecular weight excluding hydrogens is 402 g/mol. The summed E-state index contributed by atoms with van der Waals surface area (Å²) in [7, 11) is 0. The molecule has 30 heavy (non-hydrogen) atoms. The average molecular weight is 419 g/mol. The van der Waals surface area contributed by atoms with Crippen LogP contribution in [0.5, 0.6) is 0 Å². The van der Waals surface area contributed by atoms with E-state index in [0.29, 0.717) is 23.9 Å². The third-order valence-electron chi connectivity index (χ3n) is 5.16. The number of hydrogen-bond acceptors (Lipinski definition) is 4. The first kappa shape index (κ1) is 20.1. The van der Waals surface area contributed by atoms with Gasteiger partial charge in [-0.1, -0.05) is 0 Å². The summed E-state index contributed by atoms with van der Waals surface area (Å²) in [4.78, 5) is 21.4. The van der Waals surface area contributed by atoms with E-state index in [9.17, 15) is 27.5 Å². The van der Waals surface area contributed by atoms with Crippen LogP contribution < -0.4 is 4.90 Å². The van der Waals surface area contributed by atoms with Crippen LogP contribution in [-0.2, 0) is 0 Å². The molecule has 156 valence electrons. The summed E-state index contributed by atoms with van der Waals surface area (Å²) in [6.07, 6.45) is -3.53. The Bertz CT molecular complexity index is 1100. The maximum Gasteiger partial charge on any atom is 0.408 e. The summed E-state index contributed by atoms with van der Waals surface area (Å²) in [5.41, 5.74) is 1.10. The van der Waals surface area contributed by atoms with Crippen molar-refractivity contribution in [1.29, 1.82) is 0 Å². The van der Waals surface area contributed by atoms with Crippen LogP contribution in [0.15, 0.2) is 42.5 Å². The number of rotatable bonds is 3. The van der Waals surface area contributed by atoms with Gasteiger partial charge in [0.05, 0.1) is 16.6 Å². The SMILES string of the molecule is O=C(O)c1ccc2nc(-c3ccc(F)cc3)c(N3CCCCC3C(F)(F)F)nc2c1. The van der Waals surface area contributed by atoms with Crippen LogP contribution in [0.2, 0.25) is 0 Å². The van der Waals surface area contributed by atoms with Gasteiger partial charge < -0.3 is 10.0 Å². The molecule has 1 aliphatic rings. The van der Waals surface area contributed by atoms with Gasteiger partial charge in [-0.25, -0.2) is 19.2 Å². The molecular formula is C21H17F4N3O2. The maximum absolute atomic E-state index is 13.7.